The number of rotatable bonds is 0. The molecule has 0 N–H and O–H groups in total. The molecule has 4 nitrogen and oxygen atoms in total. The number of hydrogen-bond acceptors (Lipinski definition) is 4. The van der Waals surface area contributed by atoms with E-state index >= 15 is 0 Å². The molecule has 62 valence electrons. The molecule has 0 aliphatic heterocycles. The molecular weight excluding hydrogens is 172 g/mol. The lowest BCUT2D eigenvalue weighted by Gasteiger charge is -1.96. The summed E-state index contributed by atoms with van der Waals surface area (Å²) in [6.07, 6.45) is 0. The Morgan fingerprint density at radius 1 is 1.33 bits per heavy atom. The van der Waals surface area contributed by atoms with E-state index in [-0.39, 0.29) is 0 Å². The molecule has 5 heteroatoms. The van der Waals surface area contributed by atoms with Crippen molar-refractivity contribution in [3.05, 3.63) is 17.6 Å². The standard InChI is InChI=1S/C7H8N4S/c1-4-3-6(12)11-7(8-4)9-5(2)10-11/h3,12H,1-2H3. The first-order valence-corrected chi connectivity index (χ1v) is 4.01. The van der Waals surface area contributed by atoms with Gasteiger partial charge in [0, 0.05) is 5.69 Å². The van der Waals surface area contributed by atoms with Crippen LogP contribution in [0.15, 0.2) is 11.1 Å². The highest BCUT2D eigenvalue weighted by molar-refractivity contribution is 7.80. The fourth-order valence-electron chi connectivity index (χ4n) is 1.07. The number of nitrogens with zero attached hydrogens (tertiary/aromatic N) is 4. The van der Waals surface area contributed by atoms with Crippen LogP contribution in [0.25, 0.3) is 5.78 Å². The second-order valence-corrected chi connectivity index (χ2v) is 3.08. The van der Waals surface area contributed by atoms with E-state index in [0.717, 1.165) is 10.7 Å². The summed E-state index contributed by atoms with van der Waals surface area (Å²) < 4.78 is 1.62. The molecule has 0 bridgehead atoms. The van der Waals surface area contributed by atoms with Crippen LogP contribution in [-0.4, -0.2) is 19.6 Å². The fraction of sp³-hybridized carbons (Fsp3) is 0.286. The summed E-state index contributed by atoms with van der Waals surface area (Å²) in [6.45, 7) is 3.74. The Bertz CT molecular complexity index is 434. The highest BCUT2D eigenvalue weighted by Crippen LogP contribution is 2.08. The second-order valence-electron chi connectivity index (χ2n) is 2.63. The van der Waals surface area contributed by atoms with E-state index in [1.165, 1.54) is 0 Å². The summed E-state index contributed by atoms with van der Waals surface area (Å²) in [5, 5.41) is 4.88. The van der Waals surface area contributed by atoms with Gasteiger partial charge in [0.2, 0.25) is 0 Å². The average molecular weight is 180 g/mol. The summed E-state index contributed by atoms with van der Waals surface area (Å²) in [4.78, 5) is 8.32. The van der Waals surface area contributed by atoms with E-state index in [1.54, 1.807) is 4.52 Å². The van der Waals surface area contributed by atoms with Gasteiger partial charge >= 0.3 is 0 Å². The van der Waals surface area contributed by atoms with Gasteiger partial charge in [-0.25, -0.2) is 4.98 Å². The van der Waals surface area contributed by atoms with E-state index in [1.807, 2.05) is 19.9 Å². The summed E-state index contributed by atoms with van der Waals surface area (Å²) in [6, 6.07) is 1.85. The van der Waals surface area contributed by atoms with Gasteiger partial charge in [-0.05, 0) is 19.9 Å². The number of thiol groups is 1. The summed E-state index contributed by atoms with van der Waals surface area (Å²) >= 11 is 4.25. The minimum atomic E-state index is 0.609. The van der Waals surface area contributed by atoms with Crippen LogP contribution in [0, 0.1) is 13.8 Å². The predicted octanol–water partition coefficient (Wildman–Crippen LogP) is 1.03. The van der Waals surface area contributed by atoms with Gasteiger partial charge in [-0.1, -0.05) is 0 Å². The van der Waals surface area contributed by atoms with Crippen LogP contribution in [0.1, 0.15) is 11.5 Å². The zero-order valence-corrected chi connectivity index (χ0v) is 7.71. The van der Waals surface area contributed by atoms with Gasteiger partial charge in [-0.2, -0.15) is 9.50 Å². The average Bonchev–Trinajstić information content (AvgIpc) is 2.29. The molecule has 2 aromatic heterocycles. The monoisotopic (exact) mass is 180 g/mol. The van der Waals surface area contributed by atoms with Crippen molar-refractivity contribution in [2.75, 3.05) is 0 Å². The van der Waals surface area contributed by atoms with Crippen LogP contribution in [0.4, 0.5) is 0 Å². The van der Waals surface area contributed by atoms with Gasteiger partial charge in [-0.3, -0.25) is 0 Å². The van der Waals surface area contributed by atoms with Crippen molar-refractivity contribution in [1.82, 2.24) is 19.6 Å². The van der Waals surface area contributed by atoms with Crippen LogP contribution in [0.3, 0.4) is 0 Å². The Morgan fingerprint density at radius 2 is 2.08 bits per heavy atom. The lowest BCUT2D eigenvalue weighted by Crippen LogP contribution is -1.94. The zero-order valence-electron chi connectivity index (χ0n) is 6.81. The maximum Gasteiger partial charge on any atom is 0.253 e. The maximum absolute atomic E-state index is 4.25. The first kappa shape index (κ1) is 7.54. The lowest BCUT2D eigenvalue weighted by atomic mass is 10.5. The molecule has 0 aliphatic rings. The van der Waals surface area contributed by atoms with Crippen LogP contribution >= 0.6 is 12.6 Å². The smallest absolute Gasteiger partial charge is 0.216 e. The number of fused-ring (bicyclic) bond motifs is 1. The molecule has 0 fully saturated rings. The third-order valence-electron chi connectivity index (χ3n) is 1.53. The van der Waals surface area contributed by atoms with E-state index in [4.69, 9.17) is 0 Å². The molecule has 2 aromatic rings. The van der Waals surface area contributed by atoms with Crippen LogP contribution in [0.2, 0.25) is 0 Å². The summed E-state index contributed by atoms with van der Waals surface area (Å²) in [5.41, 5.74) is 0.903. The Morgan fingerprint density at radius 3 is 2.83 bits per heavy atom. The first-order chi connectivity index (χ1) is 5.66. The number of aromatic nitrogens is 4. The minimum absolute atomic E-state index is 0.609. The number of aryl methyl sites for hydroxylation is 2. The molecule has 0 aromatic carbocycles. The van der Waals surface area contributed by atoms with Crippen molar-refractivity contribution in [3.8, 4) is 0 Å². The van der Waals surface area contributed by atoms with E-state index in [2.05, 4.69) is 27.7 Å². The maximum atomic E-state index is 4.25. The third kappa shape index (κ3) is 1.06. The Kier molecular flexibility index (Phi) is 1.54. The molecule has 12 heavy (non-hydrogen) atoms. The van der Waals surface area contributed by atoms with Gasteiger partial charge < -0.3 is 0 Å². The largest absolute Gasteiger partial charge is 0.253 e. The molecule has 0 unspecified atom stereocenters. The minimum Gasteiger partial charge on any atom is -0.216 e. The van der Waals surface area contributed by atoms with Crippen LogP contribution in [0.5, 0.6) is 0 Å². The number of hydrogen-bond donors (Lipinski definition) is 1. The SMILES string of the molecule is Cc1cc(S)n2nc(C)nc2n1. The fourth-order valence-corrected chi connectivity index (χ4v) is 1.39. The van der Waals surface area contributed by atoms with Crippen molar-refractivity contribution in [3.63, 3.8) is 0 Å². The van der Waals surface area contributed by atoms with Gasteiger partial charge in [-0.15, -0.1) is 17.7 Å². The summed E-state index contributed by atoms with van der Waals surface area (Å²) in [7, 11) is 0. The van der Waals surface area contributed by atoms with Crippen molar-refractivity contribution < 1.29 is 0 Å². The van der Waals surface area contributed by atoms with Crippen molar-refractivity contribution >= 4 is 18.4 Å². The van der Waals surface area contributed by atoms with Crippen molar-refractivity contribution in [2.45, 2.75) is 18.9 Å². The zero-order chi connectivity index (χ0) is 8.72. The molecule has 0 radical (unpaired) electrons. The quantitative estimate of drug-likeness (QED) is 0.486. The van der Waals surface area contributed by atoms with Crippen molar-refractivity contribution in [1.29, 1.82) is 0 Å². The first-order valence-electron chi connectivity index (χ1n) is 3.57. The van der Waals surface area contributed by atoms with Gasteiger partial charge in [0.25, 0.3) is 5.78 Å². The molecular formula is C7H8N4S. The molecule has 0 amide bonds. The topological polar surface area (TPSA) is 43.1 Å². The highest BCUT2D eigenvalue weighted by Gasteiger charge is 2.03. The van der Waals surface area contributed by atoms with Gasteiger partial charge in [0.05, 0.1) is 0 Å². The molecule has 0 saturated heterocycles. The molecule has 0 atom stereocenters. The van der Waals surface area contributed by atoms with E-state index < -0.39 is 0 Å². The molecule has 2 heterocycles. The Balaban J connectivity index is 2.88. The summed E-state index contributed by atoms with van der Waals surface area (Å²) in [5.74, 6) is 1.32. The highest BCUT2D eigenvalue weighted by atomic mass is 32.1. The normalized spacial score (nSPS) is 10.9. The molecule has 0 spiro atoms. The Hall–Kier alpha value is -1.10. The van der Waals surface area contributed by atoms with Crippen molar-refractivity contribution in [2.24, 2.45) is 0 Å². The lowest BCUT2D eigenvalue weighted by molar-refractivity contribution is 0.824. The van der Waals surface area contributed by atoms with Crippen LogP contribution < -0.4 is 0 Å². The van der Waals surface area contributed by atoms with E-state index in [0.29, 0.717) is 11.6 Å². The van der Waals surface area contributed by atoms with Crippen LogP contribution in [-0.2, 0) is 0 Å². The molecule has 0 aliphatic carbocycles. The van der Waals surface area contributed by atoms with Gasteiger partial charge in [0.1, 0.15) is 10.9 Å². The van der Waals surface area contributed by atoms with E-state index in [9.17, 15) is 0 Å². The predicted molar refractivity (Wildman–Crippen MR) is 47.5 cm³/mol. The third-order valence-corrected chi connectivity index (χ3v) is 1.85. The molecule has 2 rings (SSSR count). The second kappa shape index (κ2) is 2.45. The Labute approximate surface area is 75.1 Å². The van der Waals surface area contributed by atoms with Gasteiger partial charge in [0.15, 0.2) is 0 Å². The molecule has 0 saturated carbocycles.